The number of carbonyl (C=O) groups is 1. The fourth-order valence-electron chi connectivity index (χ4n) is 2.39. The molecule has 4 heteroatoms. The summed E-state index contributed by atoms with van der Waals surface area (Å²) in [6.07, 6.45) is 5.07. The fraction of sp³-hybridized carbons (Fsp3) is 0.214. The lowest BCUT2D eigenvalue weighted by molar-refractivity contribution is 0.102. The van der Waals surface area contributed by atoms with Crippen molar-refractivity contribution in [1.29, 1.82) is 0 Å². The third-order valence-corrected chi connectivity index (χ3v) is 3.31. The minimum absolute atomic E-state index is 0.162. The molecule has 0 bridgehead atoms. The highest BCUT2D eigenvalue weighted by Gasteiger charge is 2.13. The average molecular weight is 241 g/mol. The van der Waals surface area contributed by atoms with Crippen molar-refractivity contribution in [3.05, 3.63) is 47.3 Å². The number of aromatic nitrogens is 1. The summed E-state index contributed by atoms with van der Waals surface area (Å²) in [5.41, 5.74) is 10.2. The number of aryl methyl sites for hydroxylation is 2. The van der Waals surface area contributed by atoms with E-state index in [1.54, 1.807) is 12.3 Å². The lowest BCUT2D eigenvalue weighted by Crippen LogP contribution is -2.12. The molecule has 0 spiro atoms. The van der Waals surface area contributed by atoms with Gasteiger partial charge in [-0.3, -0.25) is 4.79 Å². The van der Waals surface area contributed by atoms with E-state index in [0.29, 0.717) is 11.4 Å². The monoisotopic (exact) mass is 241 g/mol. The number of nitrogens with two attached hydrogens (primary N) is 1. The number of benzene rings is 1. The molecule has 0 saturated heterocycles. The van der Waals surface area contributed by atoms with Crippen LogP contribution in [-0.4, -0.2) is 10.9 Å². The van der Waals surface area contributed by atoms with Gasteiger partial charge in [-0.05, 0) is 48.6 Å². The summed E-state index contributed by atoms with van der Waals surface area (Å²) in [4.78, 5) is 14.8. The first-order valence-corrected chi connectivity index (χ1v) is 6.09. The molecule has 0 fully saturated rings. The molecule has 2 aromatic rings. The standard InChI is InChI=1S/C14H15N3O/c15-11-7-13(16-8-11)14(18)17-12-5-4-9-2-1-3-10(9)6-12/h4-8,16H,1-3,15H2,(H,17,18). The molecular weight excluding hydrogens is 226 g/mol. The Kier molecular flexibility index (Phi) is 2.55. The summed E-state index contributed by atoms with van der Waals surface area (Å²) in [5.74, 6) is -0.162. The van der Waals surface area contributed by atoms with E-state index in [4.69, 9.17) is 5.73 Å². The van der Waals surface area contributed by atoms with Crippen molar-refractivity contribution in [2.45, 2.75) is 19.3 Å². The van der Waals surface area contributed by atoms with Gasteiger partial charge in [-0.2, -0.15) is 0 Å². The highest BCUT2D eigenvalue weighted by molar-refractivity contribution is 6.03. The maximum Gasteiger partial charge on any atom is 0.272 e. The normalized spacial score (nSPS) is 13.3. The number of amides is 1. The molecular formula is C14H15N3O. The number of nitrogen functional groups attached to an aromatic ring is 1. The van der Waals surface area contributed by atoms with Gasteiger partial charge < -0.3 is 16.0 Å². The van der Waals surface area contributed by atoms with Crippen LogP contribution in [0.15, 0.2) is 30.5 Å². The molecule has 92 valence electrons. The first kappa shape index (κ1) is 10.9. The van der Waals surface area contributed by atoms with Crippen LogP contribution in [0.3, 0.4) is 0 Å². The molecule has 1 aromatic heterocycles. The largest absolute Gasteiger partial charge is 0.397 e. The molecule has 0 unspecified atom stereocenters. The number of carbonyl (C=O) groups excluding carboxylic acids is 1. The van der Waals surface area contributed by atoms with Crippen LogP contribution in [0.5, 0.6) is 0 Å². The quantitative estimate of drug-likeness (QED) is 0.755. The zero-order valence-electron chi connectivity index (χ0n) is 9.99. The molecule has 0 atom stereocenters. The van der Waals surface area contributed by atoms with Crippen molar-refractivity contribution in [2.24, 2.45) is 0 Å². The Morgan fingerprint density at radius 2 is 2.06 bits per heavy atom. The van der Waals surface area contributed by atoms with Crippen LogP contribution >= 0.6 is 0 Å². The second-order valence-electron chi connectivity index (χ2n) is 4.64. The Labute approximate surface area is 105 Å². The highest BCUT2D eigenvalue weighted by atomic mass is 16.1. The molecule has 0 aliphatic heterocycles. The van der Waals surface area contributed by atoms with Gasteiger partial charge in [-0.15, -0.1) is 0 Å². The summed E-state index contributed by atoms with van der Waals surface area (Å²) in [6, 6.07) is 7.74. The van der Waals surface area contributed by atoms with Gasteiger partial charge in [-0.1, -0.05) is 6.07 Å². The Morgan fingerprint density at radius 1 is 1.22 bits per heavy atom. The average Bonchev–Trinajstić information content (AvgIpc) is 2.96. The SMILES string of the molecule is Nc1c[nH]c(C(=O)Nc2ccc3c(c2)CCC3)c1. The summed E-state index contributed by atoms with van der Waals surface area (Å²) in [7, 11) is 0. The van der Waals surface area contributed by atoms with E-state index < -0.39 is 0 Å². The smallest absolute Gasteiger partial charge is 0.272 e. The van der Waals surface area contributed by atoms with E-state index in [-0.39, 0.29) is 5.91 Å². The molecule has 4 N–H and O–H groups in total. The minimum Gasteiger partial charge on any atom is -0.397 e. The van der Waals surface area contributed by atoms with Gasteiger partial charge in [-0.25, -0.2) is 0 Å². The van der Waals surface area contributed by atoms with Crippen LogP contribution in [0.2, 0.25) is 0 Å². The molecule has 0 radical (unpaired) electrons. The van der Waals surface area contributed by atoms with Crippen molar-refractivity contribution < 1.29 is 4.79 Å². The Hall–Kier alpha value is -2.23. The van der Waals surface area contributed by atoms with E-state index >= 15 is 0 Å². The number of aromatic amines is 1. The van der Waals surface area contributed by atoms with E-state index in [9.17, 15) is 4.79 Å². The number of rotatable bonds is 2. The fourth-order valence-corrected chi connectivity index (χ4v) is 2.39. The number of hydrogen-bond acceptors (Lipinski definition) is 2. The van der Waals surface area contributed by atoms with Gasteiger partial charge in [0.15, 0.2) is 0 Å². The molecule has 1 aromatic carbocycles. The maximum atomic E-state index is 11.9. The number of fused-ring (bicyclic) bond motifs is 1. The predicted molar refractivity (Wildman–Crippen MR) is 71.6 cm³/mol. The topological polar surface area (TPSA) is 70.9 Å². The zero-order valence-corrected chi connectivity index (χ0v) is 9.99. The van der Waals surface area contributed by atoms with Crippen LogP contribution in [0.4, 0.5) is 11.4 Å². The number of anilines is 2. The summed E-state index contributed by atoms with van der Waals surface area (Å²) in [5, 5.41) is 2.88. The van der Waals surface area contributed by atoms with Crippen LogP contribution in [-0.2, 0) is 12.8 Å². The minimum atomic E-state index is -0.162. The van der Waals surface area contributed by atoms with Gasteiger partial charge in [0, 0.05) is 17.6 Å². The molecule has 18 heavy (non-hydrogen) atoms. The van der Waals surface area contributed by atoms with Crippen molar-refractivity contribution in [1.82, 2.24) is 4.98 Å². The second-order valence-corrected chi connectivity index (χ2v) is 4.64. The van der Waals surface area contributed by atoms with Crippen LogP contribution in [0.1, 0.15) is 28.0 Å². The molecule has 3 rings (SSSR count). The van der Waals surface area contributed by atoms with Crippen molar-refractivity contribution >= 4 is 17.3 Å². The maximum absolute atomic E-state index is 11.9. The summed E-state index contributed by atoms with van der Waals surface area (Å²) >= 11 is 0. The van der Waals surface area contributed by atoms with Crippen molar-refractivity contribution in [3.8, 4) is 0 Å². The van der Waals surface area contributed by atoms with E-state index in [1.165, 1.54) is 17.5 Å². The Balaban J connectivity index is 1.78. The highest BCUT2D eigenvalue weighted by Crippen LogP contribution is 2.25. The van der Waals surface area contributed by atoms with Gasteiger partial charge in [0.25, 0.3) is 5.91 Å². The van der Waals surface area contributed by atoms with E-state index in [1.807, 2.05) is 6.07 Å². The lowest BCUT2D eigenvalue weighted by Gasteiger charge is -2.06. The molecule has 1 amide bonds. The zero-order chi connectivity index (χ0) is 12.5. The molecule has 1 aliphatic rings. The third-order valence-electron chi connectivity index (χ3n) is 3.31. The van der Waals surface area contributed by atoms with Crippen LogP contribution in [0, 0.1) is 0 Å². The first-order valence-electron chi connectivity index (χ1n) is 6.09. The van der Waals surface area contributed by atoms with Crippen LogP contribution in [0.25, 0.3) is 0 Å². The van der Waals surface area contributed by atoms with Crippen molar-refractivity contribution in [3.63, 3.8) is 0 Å². The number of H-pyrrole nitrogens is 1. The van der Waals surface area contributed by atoms with Gasteiger partial charge in [0.2, 0.25) is 0 Å². The van der Waals surface area contributed by atoms with E-state index in [2.05, 4.69) is 22.4 Å². The molecule has 0 saturated carbocycles. The number of hydrogen-bond donors (Lipinski definition) is 3. The molecule has 1 heterocycles. The third kappa shape index (κ3) is 1.97. The lowest BCUT2D eigenvalue weighted by atomic mass is 10.1. The molecule has 1 aliphatic carbocycles. The van der Waals surface area contributed by atoms with Crippen LogP contribution < -0.4 is 11.1 Å². The van der Waals surface area contributed by atoms with Gasteiger partial charge >= 0.3 is 0 Å². The Morgan fingerprint density at radius 3 is 2.83 bits per heavy atom. The van der Waals surface area contributed by atoms with Gasteiger partial charge in [0.1, 0.15) is 5.69 Å². The molecule has 4 nitrogen and oxygen atoms in total. The summed E-state index contributed by atoms with van der Waals surface area (Å²) < 4.78 is 0. The number of nitrogens with one attached hydrogen (secondary N) is 2. The second kappa shape index (κ2) is 4.22. The predicted octanol–water partition coefficient (Wildman–Crippen LogP) is 2.34. The summed E-state index contributed by atoms with van der Waals surface area (Å²) in [6.45, 7) is 0. The van der Waals surface area contributed by atoms with E-state index in [0.717, 1.165) is 18.5 Å². The van der Waals surface area contributed by atoms with Crippen molar-refractivity contribution in [2.75, 3.05) is 11.1 Å². The first-order chi connectivity index (χ1) is 8.72. The Bertz CT molecular complexity index is 601. The van der Waals surface area contributed by atoms with Gasteiger partial charge in [0.05, 0.1) is 0 Å².